The largest absolute Gasteiger partial charge is 0.352 e. The van der Waals surface area contributed by atoms with Crippen LogP contribution >= 0.6 is 0 Å². The van der Waals surface area contributed by atoms with Crippen molar-refractivity contribution in [2.24, 2.45) is 0 Å². The van der Waals surface area contributed by atoms with Crippen LogP contribution in [0.1, 0.15) is 58.8 Å². The summed E-state index contributed by atoms with van der Waals surface area (Å²) in [6, 6.07) is 2.37. The van der Waals surface area contributed by atoms with Crippen LogP contribution in [0, 0.1) is 11.3 Å². The molecule has 3 aliphatic rings. The quantitative estimate of drug-likeness (QED) is 0.723. The lowest BCUT2D eigenvalue weighted by atomic mass is 9.82. The van der Waals surface area contributed by atoms with Crippen LogP contribution in [0.5, 0.6) is 0 Å². The Morgan fingerprint density at radius 1 is 0.963 bits per heavy atom. The summed E-state index contributed by atoms with van der Waals surface area (Å²) in [5.74, 6) is 0.0661. The number of piperazine rings is 1. The number of carbonyl (C=O) groups excluding carboxylic acids is 2. The highest BCUT2D eigenvalue weighted by Gasteiger charge is 2.37. The molecule has 2 atom stereocenters. The molecule has 0 bridgehead atoms. The van der Waals surface area contributed by atoms with Gasteiger partial charge in [-0.25, -0.2) is 0 Å². The number of hydrogen-bond acceptors (Lipinski definition) is 5. The molecule has 0 aromatic rings. The summed E-state index contributed by atoms with van der Waals surface area (Å²) >= 11 is 0. The van der Waals surface area contributed by atoms with E-state index in [-0.39, 0.29) is 23.9 Å². The van der Waals surface area contributed by atoms with E-state index in [1.165, 1.54) is 0 Å². The highest BCUT2D eigenvalue weighted by Crippen LogP contribution is 2.28. The van der Waals surface area contributed by atoms with E-state index >= 15 is 0 Å². The third kappa shape index (κ3) is 4.99. The molecule has 2 unspecified atom stereocenters. The molecule has 2 N–H and O–H groups in total. The second-order valence-electron chi connectivity index (χ2n) is 8.45. The minimum atomic E-state index is -0.680. The SMILES string of the molecule is CC(C(=O)NC1CC1)N1CCN(C(C)C(=O)NC2(C#N)CCCCC2)CC1. The minimum absolute atomic E-state index is 0.0496. The van der Waals surface area contributed by atoms with Crippen molar-refractivity contribution in [3.63, 3.8) is 0 Å². The highest BCUT2D eigenvalue weighted by atomic mass is 16.2. The average Bonchev–Trinajstić information content (AvgIpc) is 3.51. The van der Waals surface area contributed by atoms with Gasteiger partial charge in [0.25, 0.3) is 0 Å². The maximum Gasteiger partial charge on any atom is 0.238 e. The first-order valence-corrected chi connectivity index (χ1v) is 10.5. The fraction of sp³-hybridized carbons (Fsp3) is 0.850. The summed E-state index contributed by atoms with van der Waals surface area (Å²) in [5, 5.41) is 15.7. The minimum Gasteiger partial charge on any atom is -0.352 e. The van der Waals surface area contributed by atoms with Crippen LogP contribution < -0.4 is 10.6 Å². The first-order chi connectivity index (χ1) is 12.9. The molecule has 0 radical (unpaired) electrons. The Balaban J connectivity index is 1.47. The molecule has 2 aliphatic carbocycles. The van der Waals surface area contributed by atoms with Crippen molar-refractivity contribution in [1.29, 1.82) is 5.26 Å². The van der Waals surface area contributed by atoms with Gasteiger partial charge in [0.15, 0.2) is 0 Å². The molecule has 2 saturated carbocycles. The zero-order valence-corrected chi connectivity index (χ0v) is 16.7. The molecule has 7 heteroatoms. The zero-order valence-electron chi connectivity index (χ0n) is 16.7. The number of amides is 2. The van der Waals surface area contributed by atoms with Crippen LogP contribution in [0.4, 0.5) is 0 Å². The van der Waals surface area contributed by atoms with Gasteiger partial charge >= 0.3 is 0 Å². The number of rotatable bonds is 6. The summed E-state index contributed by atoms with van der Waals surface area (Å²) < 4.78 is 0. The maximum absolute atomic E-state index is 12.7. The fourth-order valence-corrected chi connectivity index (χ4v) is 4.15. The van der Waals surface area contributed by atoms with E-state index in [0.29, 0.717) is 6.04 Å². The van der Waals surface area contributed by atoms with Crippen molar-refractivity contribution in [2.75, 3.05) is 26.2 Å². The summed E-state index contributed by atoms with van der Waals surface area (Å²) in [6.45, 7) is 6.95. The van der Waals surface area contributed by atoms with Gasteiger partial charge in [-0.15, -0.1) is 0 Å². The van der Waals surface area contributed by atoms with Crippen molar-refractivity contribution in [1.82, 2.24) is 20.4 Å². The van der Waals surface area contributed by atoms with Gasteiger partial charge in [0.05, 0.1) is 18.2 Å². The van der Waals surface area contributed by atoms with Crippen LogP contribution in [0.2, 0.25) is 0 Å². The van der Waals surface area contributed by atoms with Gasteiger partial charge < -0.3 is 10.6 Å². The van der Waals surface area contributed by atoms with E-state index in [0.717, 1.165) is 71.1 Å². The van der Waals surface area contributed by atoms with Gasteiger partial charge in [-0.3, -0.25) is 19.4 Å². The highest BCUT2D eigenvalue weighted by molar-refractivity contribution is 5.83. The molecule has 0 spiro atoms. The van der Waals surface area contributed by atoms with Gasteiger partial charge in [0.1, 0.15) is 5.54 Å². The van der Waals surface area contributed by atoms with Gasteiger partial charge in [-0.2, -0.15) is 5.26 Å². The molecule has 150 valence electrons. The zero-order chi connectivity index (χ0) is 19.4. The molecule has 1 heterocycles. The molecule has 1 aliphatic heterocycles. The topological polar surface area (TPSA) is 88.5 Å². The lowest BCUT2D eigenvalue weighted by molar-refractivity contribution is -0.130. The second-order valence-corrected chi connectivity index (χ2v) is 8.45. The van der Waals surface area contributed by atoms with Gasteiger partial charge in [0.2, 0.25) is 11.8 Å². The molecular weight excluding hydrogens is 342 g/mol. The maximum atomic E-state index is 12.7. The first-order valence-electron chi connectivity index (χ1n) is 10.5. The summed E-state index contributed by atoms with van der Waals surface area (Å²) in [7, 11) is 0. The van der Waals surface area contributed by atoms with Gasteiger partial charge in [0, 0.05) is 32.2 Å². The van der Waals surface area contributed by atoms with Crippen LogP contribution in [0.15, 0.2) is 0 Å². The van der Waals surface area contributed by atoms with E-state index in [1.807, 2.05) is 13.8 Å². The number of nitriles is 1. The normalized spacial score (nSPS) is 25.8. The van der Waals surface area contributed by atoms with Crippen LogP contribution in [0.3, 0.4) is 0 Å². The third-order valence-electron chi connectivity index (χ3n) is 6.41. The van der Waals surface area contributed by atoms with Crippen molar-refractivity contribution < 1.29 is 9.59 Å². The van der Waals surface area contributed by atoms with E-state index in [1.54, 1.807) is 0 Å². The third-order valence-corrected chi connectivity index (χ3v) is 6.41. The predicted molar refractivity (Wildman–Crippen MR) is 103 cm³/mol. The lowest BCUT2D eigenvalue weighted by Gasteiger charge is -2.40. The van der Waals surface area contributed by atoms with Crippen LogP contribution in [-0.2, 0) is 9.59 Å². The van der Waals surface area contributed by atoms with Crippen LogP contribution in [-0.4, -0.2) is 71.5 Å². The number of nitrogens with zero attached hydrogens (tertiary/aromatic N) is 3. The molecule has 2 amide bonds. The van der Waals surface area contributed by atoms with Crippen LogP contribution in [0.25, 0.3) is 0 Å². The smallest absolute Gasteiger partial charge is 0.238 e. The molecule has 3 rings (SSSR count). The Bertz CT molecular complexity index is 584. The average molecular weight is 376 g/mol. The molecule has 0 aromatic heterocycles. The second kappa shape index (κ2) is 8.57. The Labute approximate surface area is 162 Å². The Morgan fingerprint density at radius 2 is 1.48 bits per heavy atom. The molecule has 0 aromatic carbocycles. The summed E-state index contributed by atoms with van der Waals surface area (Å²) in [4.78, 5) is 29.3. The van der Waals surface area contributed by atoms with Crippen molar-refractivity contribution in [3.05, 3.63) is 0 Å². The molecule has 27 heavy (non-hydrogen) atoms. The molecule has 1 saturated heterocycles. The molecule has 3 fully saturated rings. The molecule has 7 nitrogen and oxygen atoms in total. The summed E-state index contributed by atoms with van der Waals surface area (Å²) in [5.41, 5.74) is -0.680. The van der Waals surface area contributed by atoms with E-state index in [9.17, 15) is 14.9 Å². The predicted octanol–water partition coefficient (Wildman–Crippen LogP) is 1.00. The van der Waals surface area contributed by atoms with Crippen molar-refractivity contribution in [3.8, 4) is 6.07 Å². The van der Waals surface area contributed by atoms with E-state index in [4.69, 9.17) is 0 Å². The standard InChI is InChI=1S/C20H33N5O2/c1-15(18(26)22-17-6-7-17)24-10-12-25(13-11-24)16(2)19(27)23-20(14-21)8-4-3-5-9-20/h15-17H,3-13H2,1-2H3,(H,22,26)(H,23,27). The number of hydrogen-bond donors (Lipinski definition) is 2. The van der Waals surface area contributed by atoms with Gasteiger partial charge in [-0.05, 0) is 39.5 Å². The van der Waals surface area contributed by atoms with Gasteiger partial charge in [-0.1, -0.05) is 19.3 Å². The Morgan fingerprint density at radius 3 is 1.96 bits per heavy atom. The summed E-state index contributed by atoms with van der Waals surface area (Å²) in [6.07, 6.45) is 6.85. The number of carbonyl (C=O) groups is 2. The van der Waals surface area contributed by atoms with Crippen molar-refractivity contribution in [2.45, 2.75) is 82.5 Å². The Kier molecular flexibility index (Phi) is 6.38. The first kappa shape index (κ1) is 20.1. The number of nitrogens with one attached hydrogen (secondary N) is 2. The van der Waals surface area contributed by atoms with Crippen molar-refractivity contribution >= 4 is 11.8 Å². The molecular formula is C20H33N5O2. The Hall–Kier alpha value is -1.65. The monoisotopic (exact) mass is 375 g/mol. The lowest BCUT2D eigenvalue weighted by Crippen LogP contribution is -2.60. The van der Waals surface area contributed by atoms with E-state index in [2.05, 4.69) is 26.5 Å². The van der Waals surface area contributed by atoms with E-state index < -0.39 is 5.54 Å². The fourth-order valence-electron chi connectivity index (χ4n) is 4.15.